The molecular formula is C16H11ClN3O6S-. The summed E-state index contributed by atoms with van der Waals surface area (Å²) in [5, 5.41) is 26.8. The molecule has 0 bridgehead atoms. The number of carbonyl (C=O) groups excluding carboxylic acids is 2. The molecule has 2 aromatic rings. The van der Waals surface area contributed by atoms with E-state index in [0.29, 0.717) is 0 Å². The van der Waals surface area contributed by atoms with E-state index in [1.54, 1.807) is 0 Å². The lowest BCUT2D eigenvalue weighted by Gasteiger charge is -2.12. The van der Waals surface area contributed by atoms with Crippen LogP contribution >= 0.6 is 23.8 Å². The van der Waals surface area contributed by atoms with E-state index in [-0.39, 0.29) is 38.4 Å². The molecule has 0 radical (unpaired) electrons. The van der Waals surface area contributed by atoms with Gasteiger partial charge in [-0.1, -0.05) is 11.6 Å². The minimum absolute atomic E-state index is 0.00762. The molecule has 27 heavy (non-hydrogen) atoms. The summed E-state index contributed by atoms with van der Waals surface area (Å²) in [5.74, 6) is -2.16. The highest BCUT2D eigenvalue weighted by Crippen LogP contribution is 2.27. The number of carboxylic acid groups (broad SMARTS) is 1. The zero-order valence-corrected chi connectivity index (χ0v) is 15.2. The van der Waals surface area contributed by atoms with E-state index < -0.39 is 16.8 Å². The van der Waals surface area contributed by atoms with Crippen LogP contribution in [0.25, 0.3) is 0 Å². The van der Waals surface area contributed by atoms with Crippen LogP contribution in [0.3, 0.4) is 0 Å². The molecule has 0 spiro atoms. The number of thiocarbonyl (C=S) groups is 1. The molecule has 0 aromatic heterocycles. The lowest BCUT2D eigenvalue weighted by atomic mass is 10.1. The molecule has 0 aliphatic carbocycles. The van der Waals surface area contributed by atoms with Crippen molar-refractivity contribution in [2.24, 2.45) is 0 Å². The van der Waals surface area contributed by atoms with Gasteiger partial charge in [-0.25, -0.2) is 0 Å². The minimum atomic E-state index is -1.47. The average molecular weight is 409 g/mol. The predicted octanol–water partition coefficient (Wildman–Crippen LogP) is 1.75. The molecule has 0 atom stereocenters. The zero-order chi connectivity index (χ0) is 20.1. The molecule has 0 saturated carbocycles. The van der Waals surface area contributed by atoms with Crippen molar-refractivity contribution in [1.82, 2.24) is 5.32 Å². The van der Waals surface area contributed by atoms with E-state index in [0.717, 1.165) is 6.07 Å². The lowest BCUT2D eigenvalue weighted by molar-refractivity contribution is -0.385. The van der Waals surface area contributed by atoms with Gasteiger partial charge in [0.05, 0.1) is 18.0 Å². The van der Waals surface area contributed by atoms with Gasteiger partial charge < -0.3 is 20.0 Å². The highest BCUT2D eigenvalue weighted by molar-refractivity contribution is 7.80. The first-order valence-electron chi connectivity index (χ1n) is 7.18. The molecule has 140 valence electrons. The molecule has 2 aromatic carbocycles. The Kier molecular flexibility index (Phi) is 6.27. The summed E-state index contributed by atoms with van der Waals surface area (Å²) >= 11 is 10.7. The third-order valence-corrected chi connectivity index (χ3v) is 3.84. The predicted molar refractivity (Wildman–Crippen MR) is 99.1 cm³/mol. The fourth-order valence-corrected chi connectivity index (χ4v) is 2.48. The highest BCUT2D eigenvalue weighted by Gasteiger charge is 2.18. The quantitative estimate of drug-likeness (QED) is 0.434. The van der Waals surface area contributed by atoms with Gasteiger partial charge in [0.2, 0.25) is 0 Å². The Balaban J connectivity index is 2.13. The maximum atomic E-state index is 12.2. The summed E-state index contributed by atoms with van der Waals surface area (Å²) in [7, 11) is 1.27. The van der Waals surface area contributed by atoms with Crippen LogP contribution < -0.4 is 20.5 Å². The van der Waals surface area contributed by atoms with E-state index >= 15 is 0 Å². The summed E-state index contributed by atoms with van der Waals surface area (Å²) in [6.07, 6.45) is 0. The second-order valence-electron chi connectivity index (χ2n) is 5.03. The van der Waals surface area contributed by atoms with Crippen LogP contribution in [0.1, 0.15) is 20.7 Å². The normalized spacial score (nSPS) is 10.0. The number of halogens is 1. The topological polar surface area (TPSA) is 134 Å². The van der Waals surface area contributed by atoms with E-state index in [1.165, 1.54) is 37.4 Å². The van der Waals surface area contributed by atoms with E-state index in [9.17, 15) is 24.8 Å². The van der Waals surface area contributed by atoms with E-state index in [1.807, 2.05) is 0 Å². The van der Waals surface area contributed by atoms with Gasteiger partial charge in [0, 0.05) is 27.9 Å². The van der Waals surface area contributed by atoms with Crippen molar-refractivity contribution in [3.05, 3.63) is 62.7 Å². The molecule has 9 nitrogen and oxygen atoms in total. The summed E-state index contributed by atoms with van der Waals surface area (Å²) in [5.41, 5.74) is -0.385. The van der Waals surface area contributed by atoms with Crippen LogP contribution in [0.5, 0.6) is 5.75 Å². The lowest BCUT2D eigenvalue weighted by Crippen LogP contribution is -2.34. The first-order valence-corrected chi connectivity index (χ1v) is 7.97. The van der Waals surface area contributed by atoms with Crippen molar-refractivity contribution in [3.63, 3.8) is 0 Å². The van der Waals surface area contributed by atoms with Crippen LogP contribution in [0.15, 0.2) is 36.4 Å². The molecule has 0 heterocycles. The summed E-state index contributed by atoms with van der Waals surface area (Å²) in [6, 6.07) is 7.63. The summed E-state index contributed by atoms with van der Waals surface area (Å²) in [6.45, 7) is 0. The second-order valence-corrected chi connectivity index (χ2v) is 5.85. The van der Waals surface area contributed by atoms with Crippen LogP contribution in [-0.4, -0.2) is 29.0 Å². The SMILES string of the molecule is COc1ccc(C(=O)NC(=S)Nc2ccc(Cl)c(C(=O)[O-])c2)cc1[N+](=O)[O-]. The number of aromatic carboxylic acids is 1. The standard InChI is InChI=1S/C16H12ClN3O6S/c1-26-13-5-2-8(6-12(13)20(24)25)14(21)19-16(27)18-9-3-4-11(17)10(7-9)15(22)23/h2-7H,1H3,(H,22,23)(H2,18,19,21,27)/p-1. The number of hydrogen-bond donors (Lipinski definition) is 2. The number of anilines is 1. The number of methoxy groups -OCH3 is 1. The number of amides is 1. The van der Waals surface area contributed by atoms with E-state index in [2.05, 4.69) is 10.6 Å². The van der Waals surface area contributed by atoms with Gasteiger partial charge in [0.25, 0.3) is 5.91 Å². The molecule has 2 rings (SSSR count). The van der Waals surface area contributed by atoms with Crippen molar-refractivity contribution in [2.75, 3.05) is 12.4 Å². The fraction of sp³-hybridized carbons (Fsp3) is 0.0625. The molecule has 0 unspecified atom stereocenters. The summed E-state index contributed by atoms with van der Waals surface area (Å²) in [4.78, 5) is 33.5. The maximum absolute atomic E-state index is 12.2. The zero-order valence-electron chi connectivity index (χ0n) is 13.6. The number of nitrogens with zero attached hydrogens (tertiary/aromatic N) is 1. The number of nitrogens with one attached hydrogen (secondary N) is 2. The number of nitro benzene ring substituents is 1. The second kappa shape index (κ2) is 8.43. The van der Waals surface area contributed by atoms with Gasteiger partial charge in [0.1, 0.15) is 0 Å². The van der Waals surface area contributed by atoms with Gasteiger partial charge in [-0.15, -0.1) is 0 Å². The number of hydrogen-bond acceptors (Lipinski definition) is 7. The Bertz CT molecular complexity index is 950. The molecule has 0 aliphatic rings. The smallest absolute Gasteiger partial charge is 0.311 e. The Labute approximate surface area is 163 Å². The van der Waals surface area contributed by atoms with Gasteiger partial charge in [0.15, 0.2) is 10.9 Å². The molecule has 0 fully saturated rings. The minimum Gasteiger partial charge on any atom is -0.545 e. The molecule has 11 heteroatoms. The number of nitro groups is 1. The Hall–Kier alpha value is -3.24. The first kappa shape index (κ1) is 20.1. The van der Waals surface area contributed by atoms with Gasteiger partial charge >= 0.3 is 5.69 Å². The van der Waals surface area contributed by atoms with Crippen LogP contribution in [0, 0.1) is 10.1 Å². The van der Waals surface area contributed by atoms with Crippen molar-refractivity contribution < 1.29 is 24.4 Å². The molecule has 0 saturated heterocycles. The monoisotopic (exact) mass is 408 g/mol. The first-order chi connectivity index (χ1) is 12.7. The Morgan fingerprint density at radius 3 is 2.52 bits per heavy atom. The summed E-state index contributed by atoms with van der Waals surface area (Å²) < 4.78 is 4.87. The Morgan fingerprint density at radius 1 is 1.22 bits per heavy atom. The largest absolute Gasteiger partial charge is 0.545 e. The van der Waals surface area contributed by atoms with Crippen molar-refractivity contribution in [3.8, 4) is 5.75 Å². The molecule has 2 N–H and O–H groups in total. The van der Waals surface area contributed by atoms with E-state index in [4.69, 9.17) is 28.6 Å². The van der Waals surface area contributed by atoms with Gasteiger partial charge in [-0.2, -0.15) is 0 Å². The van der Waals surface area contributed by atoms with Crippen LogP contribution in [0.4, 0.5) is 11.4 Å². The number of rotatable bonds is 5. The van der Waals surface area contributed by atoms with Gasteiger partial charge in [-0.3, -0.25) is 20.2 Å². The number of ether oxygens (including phenoxy) is 1. The number of benzene rings is 2. The third kappa shape index (κ3) is 4.90. The molecule has 0 aliphatic heterocycles. The Morgan fingerprint density at radius 2 is 1.93 bits per heavy atom. The van der Waals surface area contributed by atoms with Crippen LogP contribution in [-0.2, 0) is 0 Å². The highest BCUT2D eigenvalue weighted by atomic mass is 35.5. The number of carboxylic acids is 1. The van der Waals surface area contributed by atoms with Crippen molar-refractivity contribution in [2.45, 2.75) is 0 Å². The molecule has 1 amide bonds. The molecular weight excluding hydrogens is 398 g/mol. The average Bonchev–Trinajstić information content (AvgIpc) is 2.62. The van der Waals surface area contributed by atoms with Crippen molar-refractivity contribution in [1.29, 1.82) is 0 Å². The van der Waals surface area contributed by atoms with Crippen LogP contribution in [0.2, 0.25) is 5.02 Å². The number of carbonyl (C=O) groups is 2. The maximum Gasteiger partial charge on any atom is 0.311 e. The van der Waals surface area contributed by atoms with Crippen molar-refractivity contribution >= 4 is 52.2 Å². The third-order valence-electron chi connectivity index (χ3n) is 3.31. The van der Waals surface area contributed by atoms with Gasteiger partial charge in [-0.05, 0) is 42.5 Å². The fourth-order valence-electron chi connectivity index (χ4n) is 2.07.